The van der Waals surface area contributed by atoms with Crippen molar-refractivity contribution in [3.8, 4) is 0 Å². The van der Waals surface area contributed by atoms with Crippen molar-refractivity contribution >= 4 is 0 Å². The zero-order chi connectivity index (χ0) is 15.8. The first-order valence-electron chi connectivity index (χ1n) is 8.03. The Labute approximate surface area is 130 Å². The molecule has 0 aromatic rings. The minimum atomic E-state index is 0.314. The van der Waals surface area contributed by atoms with Crippen LogP contribution in [-0.4, -0.2) is 18.2 Å². The lowest BCUT2D eigenvalue weighted by atomic mass is 9.88. The van der Waals surface area contributed by atoms with Gasteiger partial charge < -0.3 is 10.1 Å². The summed E-state index contributed by atoms with van der Waals surface area (Å²) in [6.45, 7) is 16.5. The van der Waals surface area contributed by atoms with Crippen LogP contribution in [0.15, 0.2) is 48.8 Å². The largest absolute Gasteiger partial charge is 0.490 e. The highest BCUT2D eigenvalue weighted by Gasteiger charge is 2.31. The predicted octanol–water partition coefficient (Wildman–Crippen LogP) is 4.76. The molecule has 0 bridgehead atoms. The summed E-state index contributed by atoms with van der Waals surface area (Å²) in [4.78, 5) is 0. The molecule has 1 rings (SSSR count). The van der Waals surface area contributed by atoms with E-state index in [2.05, 4.69) is 52.2 Å². The van der Waals surface area contributed by atoms with Gasteiger partial charge in [0.15, 0.2) is 0 Å². The van der Waals surface area contributed by atoms with Crippen LogP contribution in [-0.2, 0) is 4.74 Å². The Bertz CT molecular complexity index is 398. The van der Waals surface area contributed by atoms with Crippen molar-refractivity contribution in [2.45, 2.75) is 65.1 Å². The van der Waals surface area contributed by atoms with Gasteiger partial charge in [0.05, 0.1) is 0 Å². The van der Waals surface area contributed by atoms with E-state index < -0.39 is 0 Å². The molecule has 2 heteroatoms. The number of rotatable bonds is 9. The van der Waals surface area contributed by atoms with Gasteiger partial charge in [-0.1, -0.05) is 53.0 Å². The van der Waals surface area contributed by atoms with Gasteiger partial charge in [0, 0.05) is 12.1 Å². The summed E-state index contributed by atoms with van der Waals surface area (Å²) in [7, 11) is 0. The predicted molar refractivity (Wildman–Crippen MR) is 92.2 cm³/mol. The van der Waals surface area contributed by atoms with Crippen LogP contribution in [0.1, 0.15) is 47.0 Å². The van der Waals surface area contributed by atoms with Crippen molar-refractivity contribution in [2.75, 3.05) is 0 Å². The molecule has 1 fully saturated rings. The van der Waals surface area contributed by atoms with Gasteiger partial charge in [0.2, 0.25) is 0 Å². The van der Waals surface area contributed by atoms with Crippen LogP contribution in [0.4, 0.5) is 0 Å². The number of nitrogens with one attached hydrogen (secondary N) is 1. The van der Waals surface area contributed by atoms with Crippen LogP contribution in [0, 0.1) is 5.92 Å². The molecule has 0 spiro atoms. The molecule has 1 saturated carbocycles. The third-order valence-electron chi connectivity index (χ3n) is 3.48. The summed E-state index contributed by atoms with van der Waals surface area (Å²) >= 11 is 0. The van der Waals surface area contributed by atoms with Gasteiger partial charge in [-0.15, -0.1) is 0 Å². The van der Waals surface area contributed by atoms with E-state index in [1.807, 2.05) is 12.2 Å². The Balaban J connectivity index is 2.56. The summed E-state index contributed by atoms with van der Waals surface area (Å²) in [5.74, 6) is 1.51. The second kappa shape index (κ2) is 8.89. The lowest BCUT2D eigenvalue weighted by molar-refractivity contribution is 0.0308. The van der Waals surface area contributed by atoms with Crippen LogP contribution in [0.2, 0.25) is 0 Å². The van der Waals surface area contributed by atoms with E-state index in [1.54, 1.807) is 6.08 Å². The summed E-state index contributed by atoms with van der Waals surface area (Å²) in [5.41, 5.74) is 1.22. The fraction of sp³-hybridized carbons (Fsp3) is 0.579. The molecule has 0 aromatic heterocycles. The monoisotopic (exact) mass is 289 g/mol. The summed E-state index contributed by atoms with van der Waals surface area (Å²) in [6, 6.07) is 1.14. The molecule has 0 saturated heterocycles. The van der Waals surface area contributed by atoms with Gasteiger partial charge in [0.25, 0.3) is 0 Å². The minimum absolute atomic E-state index is 0.314. The van der Waals surface area contributed by atoms with Crippen molar-refractivity contribution in [1.29, 1.82) is 0 Å². The average molecular weight is 289 g/mol. The van der Waals surface area contributed by atoms with Crippen LogP contribution >= 0.6 is 0 Å². The van der Waals surface area contributed by atoms with Crippen molar-refractivity contribution in [1.82, 2.24) is 5.32 Å². The number of hydrogen-bond acceptors (Lipinski definition) is 2. The van der Waals surface area contributed by atoms with E-state index in [0.717, 1.165) is 25.0 Å². The molecule has 0 atom stereocenters. The zero-order valence-corrected chi connectivity index (χ0v) is 14.1. The smallest absolute Gasteiger partial charge is 0.119 e. The molecule has 0 unspecified atom stereocenters. The van der Waals surface area contributed by atoms with E-state index in [-0.39, 0.29) is 0 Å². The molecular weight excluding hydrogens is 258 g/mol. The first-order valence-corrected chi connectivity index (χ1v) is 8.03. The fourth-order valence-electron chi connectivity index (χ4n) is 2.55. The molecule has 0 aromatic carbocycles. The lowest BCUT2D eigenvalue weighted by Gasteiger charge is -2.37. The molecule has 118 valence electrons. The maximum atomic E-state index is 6.08. The van der Waals surface area contributed by atoms with Gasteiger partial charge in [0.1, 0.15) is 11.9 Å². The second-order valence-electron chi connectivity index (χ2n) is 6.56. The molecule has 1 aliphatic carbocycles. The van der Waals surface area contributed by atoms with Gasteiger partial charge >= 0.3 is 0 Å². The van der Waals surface area contributed by atoms with E-state index in [1.165, 1.54) is 5.57 Å². The van der Waals surface area contributed by atoms with Crippen LogP contribution in [0.5, 0.6) is 0 Å². The first-order chi connectivity index (χ1) is 9.94. The maximum absolute atomic E-state index is 6.08. The quantitative estimate of drug-likeness (QED) is 0.488. The Hall–Kier alpha value is -1.28. The maximum Gasteiger partial charge on any atom is 0.119 e. The summed E-state index contributed by atoms with van der Waals surface area (Å²) in [6.07, 6.45) is 11.2. The van der Waals surface area contributed by atoms with Gasteiger partial charge in [-0.25, -0.2) is 0 Å². The van der Waals surface area contributed by atoms with E-state index in [0.29, 0.717) is 24.1 Å². The number of allylic oxidation sites excluding steroid dienone is 5. The number of hydrogen-bond donors (Lipinski definition) is 1. The van der Waals surface area contributed by atoms with Crippen LogP contribution in [0.3, 0.4) is 0 Å². The topological polar surface area (TPSA) is 21.3 Å². The van der Waals surface area contributed by atoms with Gasteiger partial charge in [-0.2, -0.15) is 0 Å². The first kappa shape index (κ1) is 17.8. The Morgan fingerprint density at radius 1 is 1.24 bits per heavy atom. The van der Waals surface area contributed by atoms with E-state index in [4.69, 9.17) is 4.74 Å². The molecule has 2 nitrogen and oxygen atoms in total. The van der Waals surface area contributed by atoms with Crippen molar-refractivity contribution in [2.24, 2.45) is 5.92 Å². The van der Waals surface area contributed by atoms with Gasteiger partial charge in [-0.3, -0.25) is 0 Å². The minimum Gasteiger partial charge on any atom is -0.490 e. The van der Waals surface area contributed by atoms with Crippen molar-refractivity contribution in [3.63, 3.8) is 0 Å². The Morgan fingerprint density at radius 3 is 2.38 bits per heavy atom. The SMILES string of the molecule is C=C/C=C(\C=C(/C=C)CC(C)C)OC1CC(NC(C)C)C1. The normalized spacial score (nSPS) is 23.1. The second-order valence-corrected chi connectivity index (χ2v) is 6.56. The molecular formula is C19H31NO. The summed E-state index contributed by atoms with van der Waals surface area (Å²) < 4.78 is 6.08. The van der Waals surface area contributed by atoms with Crippen LogP contribution < -0.4 is 5.32 Å². The van der Waals surface area contributed by atoms with E-state index >= 15 is 0 Å². The highest BCUT2D eigenvalue weighted by atomic mass is 16.5. The average Bonchev–Trinajstić information content (AvgIpc) is 2.34. The fourth-order valence-corrected chi connectivity index (χ4v) is 2.55. The standard InChI is InChI=1S/C19H31NO/c1-7-9-18(11-16(8-2)10-14(3)4)21-19-12-17(13-19)20-15(5)6/h7-9,11,14-15,17,19-20H,1-2,10,12-13H2,3-6H3/b16-11+,18-9+. The molecule has 1 N–H and O–H groups in total. The highest BCUT2D eigenvalue weighted by Crippen LogP contribution is 2.27. The van der Waals surface area contributed by atoms with Crippen molar-refractivity contribution < 1.29 is 4.74 Å². The van der Waals surface area contributed by atoms with Gasteiger partial charge in [-0.05, 0) is 42.9 Å². The third-order valence-corrected chi connectivity index (χ3v) is 3.48. The molecule has 21 heavy (non-hydrogen) atoms. The third kappa shape index (κ3) is 6.81. The molecule has 0 radical (unpaired) electrons. The lowest BCUT2D eigenvalue weighted by Crippen LogP contribution is -2.47. The summed E-state index contributed by atoms with van der Waals surface area (Å²) in [5, 5.41) is 3.54. The Kier molecular flexibility index (Phi) is 7.52. The molecule has 0 heterocycles. The highest BCUT2D eigenvalue weighted by molar-refractivity contribution is 5.28. The van der Waals surface area contributed by atoms with Crippen LogP contribution in [0.25, 0.3) is 0 Å². The molecule has 0 aliphatic heterocycles. The van der Waals surface area contributed by atoms with E-state index in [9.17, 15) is 0 Å². The molecule has 1 aliphatic rings. The van der Waals surface area contributed by atoms with Crippen molar-refractivity contribution in [3.05, 3.63) is 48.8 Å². The molecule has 0 amide bonds. The zero-order valence-electron chi connectivity index (χ0n) is 14.1. The Morgan fingerprint density at radius 2 is 1.90 bits per heavy atom. The number of ether oxygens (including phenoxy) is 1.